The largest absolute Gasteiger partial charge is 0.238 e. The first-order chi connectivity index (χ1) is 8.91. The second kappa shape index (κ2) is 4.84. The summed E-state index contributed by atoms with van der Waals surface area (Å²) in [7, 11) is -3.90. The maximum atomic E-state index is 13.9. The number of hydrogen-bond donors (Lipinski definition) is 1. The van der Waals surface area contributed by atoms with E-state index in [4.69, 9.17) is 11.6 Å². The van der Waals surface area contributed by atoms with Gasteiger partial charge in [0.05, 0.1) is 4.90 Å². The molecule has 0 aliphatic rings. The van der Waals surface area contributed by atoms with Crippen molar-refractivity contribution in [3.05, 3.63) is 53.8 Å². The van der Waals surface area contributed by atoms with Crippen LogP contribution in [0.5, 0.6) is 0 Å². The van der Waals surface area contributed by atoms with Crippen LogP contribution in [-0.2, 0) is 10.0 Å². The molecule has 0 heterocycles. The van der Waals surface area contributed by atoms with E-state index < -0.39 is 15.8 Å². The fraction of sp³-hybridized carbons (Fsp3) is 0. The third-order valence-electron chi connectivity index (χ3n) is 2.63. The van der Waals surface area contributed by atoms with Gasteiger partial charge in [-0.05, 0) is 29.8 Å². The van der Waals surface area contributed by atoms with Crippen LogP contribution in [0.4, 0.5) is 4.39 Å². The second-order valence-electron chi connectivity index (χ2n) is 3.91. The first-order valence-corrected chi connectivity index (χ1v) is 6.86. The smallest absolute Gasteiger partial charge is 0.225 e. The Labute approximate surface area is 110 Å². The van der Waals surface area contributed by atoms with E-state index in [9.17, 15) is 12.8 Å². The van der Waals surface area contributed by atoms with Gasteiger partial charge in [-0.25, -0.2) is 17.9 Å². The third-order valence-corrected chi connectivity index (χ3v) is 3.54. The summed E-state index contributed by atoms with van der Waals surface area (Å²) in [5, 5.41) is 4.94. The summed E-state index contributed by atoms with van der Waals surface area (Å²) in [4.78, 5) is -0.256. The van der Waals surface area contributed by atoms with Crippen molar-refractivity contribution in [3.63, 3.8) is 0 Å². The van der Waals surface area contributed by atoms with Gasteiger partial charge in [0, 0.05) is 11.1 Å². The maximum Gasteiger partial charge on any atom is 0.238 e. The molecule has 19 heavy (non-hydrogen) atoms. The Morgan fingerprint density at radius 2 is 1.74 bits per heavy atom. The lowest BCUT2D eigenvalue weighted by molar-refractivity contribution is 0.593. The molecule has 5 heteroatoms. The molecule has 0 saturated carbocycles. The van der Waals surface area contributed by atoms with Gasteiger partial charge in [-0.1, -0.05) is 24.1 Å². The quantitative estimate of drug-likeness (QED) is 0.853. The molecule has 0 fully saturated rings. The van der Waals surface area contributed by atoms with E-state index in [1.165, 1.54) is 12.1 Å². The van der Waals surface area contributed by atoms with Crippen LogP contribution in [-0.4, -0.2) is 8.42 Å². The number of halogens is 1. The Morgan fingerprint density at radius 1 is 1.11 bits per heavy atom. The van der Waals surface area contributed by atoms with Crippen molar-refractivity contribution in [2.24, 2.45) is 5.14 Å². The number of sulfonamides is 1. The van der Waals surface area contributed by atoms with E-state index in [2.05, 4.69) is 5.92 Å². The van der Waals surface area contributed by atoms with Gasteiger partial charge in [0.25, 0.3) is 0 Å². The number of terminal acetylenes is 1. The van der Waals surface area contributed by atoms with Crippen molar-refractivity contribution in [3.8, 4) is 23.5 Å². The predicted molar refractivity (Wildman–Crippen MR) is 71.1 cm³/mol. The Hall–Kier alpha value is -2.16. The summed E-state index contributed by atoms with van der Waals surface area (Å²) in [6.45, 7) is 0. The van der Waals surface area contributed by atoms with E-state index in [0.717, 1.165) is 6.07 Å². The number of hydrogen-bond acceptors (Lipinski definition) is 2. The summed E-state index contributed by atoms with van der Waals surface area (Å²) in [5.41, 5.74) is 1.58. The van der Waals surface area contributed by atoms with Crippen LogP contribution >= 0.6 is 0 Å². The van der Waals surface area contributed by atoms with Crippen molar-refractivity contribution in [1.29, 1.82) is 0 Å². The summed E-state index contributed by atoms with van der Waals surface area (Å²) in [6.07, 6.45) is 5.23. The van der Waals surface area contributed by atoms with E-state index >= 15 is 0 Å². The first kappa shape index (κ1) is 13.3. The van der Waals surface area contributed by atoms with Crippen molar-refractivity contribution >= 4 is 10.0 Å². The highest BCUT2D eigenvalue weighted by Gasteiger charge is 2.12. The zero-order valence-corrected chi connectivity index (χ0v) is 10.6. The van der Waals surface area contributed by atoms with Gasteiger partial charge in [0.2, 0.25) is 10.0 Å². The van der Waals surface area contributed by atoms with Crippen LogP contribution in [0.1, 0.15) is 5.56 Å². The lowest BCUT2D eigenvalue weighted by Crippen LogP contribution is -2.12. The number of primary sulfonamides is 1. The first-order valence-electron chi connectivity index (χ1n) is 5.31. The van der Waals surface area contributed by atoms with E-state index in [1.54, 1.807) is 24.3 Å². The predicted octanol–water partition coefficient (Wildman–Crippen LogP) is 2.12. The Balaban J connectivity index is 2.49. The maximum absolute atomic E-state index is 13.9. The van der Waals surface area contributed by atoms with Crippen molar-refractivity contribution in [2.45, 2.75) is 4.90 Å². The molecule has 2 aromatic carbocycles. The minimum absolute atomic E-state index is 0.256. The van der Waals surface area contributed by atoms with Gasteiger partial charge in [-0.2, -0.15) is 0 Å². The topological polar surface area (TPSA) is 60.2 Å². The summed E-state index contributed by atoms with van der Waals surface area (Å²) < 4.78 is 36.1. The molecule has 2 aromatic rings. The highest BCUT2D eigenvalue weighted by Crippen LogP contribution is 2.25. The van der Waals surface area contributed by atoms with E-state index in [0.29, 0.717) is 11.1 Å². The highest BCUT2D eigenvalue weighted by atomic mass is 32.2. The van der Waals surface area contributed by atoms with Gasteiger partial charge in [0.15, 0.2) is 0 Å². The SMILES string of the molecule is C#Cc1ccc(-c2ccc(S(N)(=O)=O)cc2F)cc1. The molecule has 0 spiro atoms. The van der Waals surface area contributed by atoms with Crippen molar-refractivity contribution in [2.75, 3.05) is 0 Å². The number of rotatable bonds is 2. The average Bonchev–Trinajstić information content (AvgIpc) is 2.38. The van der Waals surface area contributed by atoms with Gasteiger partial charge in [-0.3, -0.25) is 0 Å². The molecule has 0 atom stereocenters. The fourth-order valence-corrected chi connectivity index (χ4v) is 2.18. The molecular weight excluding hydrogens is 265 g/mol. The third kappa shape index (κ3) is 2.81. The van der Waals surface area contributed by atoms with E-state index in [-0.39, 0.29) is 10.5 Å². The zero-order chi connectivity index (χ0) is 14.0. The molecule has 2 N–H and O–H groups in total. The van der Waals surface area contributed by atoms with Crippen LogP contribution in [0.25, 0.3) is 11.1 Å². The van der Waals surface area contributed by atoms with Gasteiger partial charge < -0.3 is 0 Å². The molecule has 0 amide bonds. The van der Waals surface area contributed by atoms with Crippen LogP contribution in [0, 0.1) is 18.2 Å². The van der Waals surface area contributed by atoms with Crippen LogP contribution in [0.15, 0.2) is 47.4 Å². The van der Waals surface area contributed by atoms with Crippen LogP contribution in [0.3, 0.4) is 0 Å². The summed E-state index contributed by atoms with van der Waals surface area (Å²) >= 11 is 0. The van der Waals surface area contributed by atoms with Crippen molar-refractivity contribution in [1.82, 2.24) is 0 Å². The molecule has 0 saturated heterocycles. The molecule has 0 bridgehead atoms. The lowest BCUT2D eigenvalue weighted by atomic mass is 10.0. The molecule has 0 radical (unpaired) electrons. The lowest BCUT2D eigenvalue weighted by Gasteiger charge is -2.05. The molecule has 0 aromatic heterocycles. The summed E-state index contributed by atoms with van der Waals surface area (Å²) in [6, 6.07) is 10.3. The normalized spacial score (nSPS) is 11.0. The Bertz CT molecular complexity index is 759. The van der Waals surface area contributed by atoms with Crippen molar-refractivity contribution < 1.29 is 12.8 Å². The minimum atomic E-state index is -3.90. The zero-order valence-electron chi connectivity index (χ0n) is 9.80. The number of nitrogens with two attached hydrogens (primary N) is 1. The monoisotopic (exact) mass is 275 g/mol. The average molecular weight is 275 g/mol. The molecule has 0 aliphatic carbocycles. The minimum Gasteiger partial charge on any atom is -0.225 e. The molecule has 0 aliphatic heterocycles. The van der Waals surface area contributed by atoms with Gasteiger partial charge in [-0.15, -0.1) is 6.42 Å². The van der Waals surface area contributed by atoms with Gasteiger partial charge in [0.1, 0.15) is 5.82 Å². The number of benzene rings is 2. The fourth-order valence-electron chi connectivity index (χ4n) is 1.65. The second-order valence-corrected chi connectivity index (χ2v) is 5.47. The summed E-state index contributed by atoms with van der Waals surface area (Å²) in [5.74, 6) is 1.81. The van der Waals surface area contributed by atoms with Crippen LogP contribution in [0.2, 0.25) is 0 Å². The Kier molecular flexibility index (Phi) is 3.38. The highest BCUT2D eigenvalue weighted by molar-refractivity contribution is 7.89. The molecule has 96 valence electrons. The Morgan fingerprint density at radius 3 is 2.21 bits per heavy atom. The molecule has 3 nitrogen and oxygen atoms in total. The van der Waals surface area contributed by atoms with Gasteiger partial charge >= 0.3 is 0 Å². The standard InChI is InChI=1S/C14H10FNO2S/c1-2-10-3-5-11(6-4-10)13-8-7-12(9-14(13)15)19(16,17)18/h1,3-9H,(H2,16,17,18). The molecular formula is C14H10FNO2S. The molecule has 0 unspecified atom stereocenters. The van der Waals surface area contributed by atoms with Crippen LogP contribution < -0.4 is 5.14 Å². The molecule has 2 rings (SSSR count). The van der Waals surface area contributed by atoms with E-state index in [1.807, 2.05) is 0 Å².